The Morgan fingerprint density at radius 2 is 0.533 bits per heavy atom. The van der Waals surface area contributed by atoms with Crippen LogP contribution in [0.3, 0.4) is 0 Å². The third-order valence-electron chi connectivity index (χ3n) is 11.1. The number of aromatic nitrogens is 3. The first-order valence-corrected chi connectivity index (χ1v) is 21.7. The molecule has 10 aromatic rings. The Hall–Kier alpha value is -7.52. The Bertz CT molecular complexity index is 3020. The monoisotopic (exact) mass is 787 g/mol. The molecule has 284 valence electrons. The SMILES string of the molecule is O=P(c1ccccc1)(c1ccccc1)c1ccc(-c2ccc(-c3ccc(-c4ccc(-c5nc(-c6ccccc6)nc(-c6ccccc6)n5)cc4)c4ccccc34)cc2)cc1. The lowest BCUT2D eigenvalue weighted by molar-refractivity contribution is 0.592. The Morgan fingerprint density at radius 3 is 0.933 bits per heavy atom. The maximum absolute atomic E-state index is 14.9. The largest absolute Gasteiger partial charge is 0.309 e. The van der Waals surface area contributed by atoms with E-state index in [-0.39, 0.29) is 0 Å². The van der Waals surface area contributed by atoms with Gasteiger partial charge in [-0.05, 0) is 44.2 Å². The summed E-state index contributed by atoms with van der Waals surface area (Å²) in [6.07, 6.45) is 0. The topological polar surface area (TPSA) is 55.7 Å². The molecule has 0 unspecified atom stereocenters. The quantitative estimate of drug-likeness (QED) is 0.137. The lowest BCUT2D eigenvalue weighted by Gasteiger charge is -2.20. The second-order valence-electron chi connectivity index (χ2n) is 14.7. The van der Waals surface area contributed by atoms with Gasteiger partial charge in [-0.1, -0.05) is 231 Å². The lowest BCUT2D eigenvalue weighted by atomic mass is 9.91. The summed E-state index contributed by atoms with van der Waals surface area (Å²) in [4.78, 5) is 14.7. The van der Waals surface area contributed by atoms with Crippen LogP contribution in [0.15, 0.2) is 231 Å². The van der Waals surface area contributed by atoms with Crippen molar-refractivity contribution in [1.82, 2.24) is 15.0 Å². The Balaban J connectivity index is 0.941. The minimum absolute atomic E-state index is 0.633. The van der Waals surface area contributed by atoms with Crippen LogP contribution < -0.4 is 15.9 Å². The van der Waals surface area contributed by atoms with Gasteiger partial charge in [0.15, 0.2) is 24.6 Å². The number of nitrogens with zero attached hydrogens (tertiary/aromatic N) is 3. The molecule has 0 aliphatic carbocycles. The first-order valence-electron chi connectivity index (χ1n) is 20.0. The summed E-state index contributed by atoms with van der Waals surface area (Å²) in [6.45, 7) is 0. The van der Waals surface area contributed by atoms with E-state index in [0.29, 0.717) is 17.5 Å². The third-order valence-corrected chi connectivity index (χ3v) is 14.2. The van der Waals surface area contributed by atoms with Crippen molar-refractivity contribution in [3.8, 4) is 67.5 Å². The van der Waals surface area contributed by atoms with E-state index in [1.54, 1.807) is 0 Å². The van der Waals surface area contributed by atoms with Crippen molar-refractivity contribution < 1.29 is 4.57 Å². The van der Waals surface area contributed by atoms with Gasteiger partial charge in [-0.2, -0.15) is 0 Å². The van der Waals surface area contributed by atoms with Gasteiger partial charge in [0, 0.05) is 32.6 Å². The Labute approximate surface area is 350 Å². The highest BCUT2D eigenvalue weighted by Gasteiger charge is 2.29. The molecule has 0 N–H and O–H groups in total. The molecule has 0 saturated carbocycles. The minimum Gasteiger partial charge on any atom is -0.309 e. The van der Waals surface area contributed by atoms with Crippen LogP contribution in [-0.2, 0) is 4.57 Å². The second-order valence-corrected chi connectivity index (χ2v) is 17.5. The van der Waals surface area contributed by atoms with E-state index in [1.165, 1.54) is 16.3 Å². The van der Waals surface area contributed by atoms with E-state index in [9.17, 15) is 4.57 Å². The van der Waals surface area contributed by atoms with Gasteiger partial charge in [0.2, 0.25) is 0 Å². The van der Waals surface area contributed by atoms with Crippen LogP contribution >= 0.6 is 7.14 Å². The van der Waals surface area contributed by atoms with E-state index in [1.807, 2.05) is 133 Å². The molecule has 0 aliphatic rings. The van der Waals surface area contributed by atoms with E-state index in [0.717, 1.165) is 60.4 Å². The zero-order valence-corrected chi connectivity index (χ0v) is 33.5. The zero-order chi connectivity index (χ0) is 40.3. The minimum atomic E-state index is -3.04. The fourth-order valence-corrected chi connectivity index (χ4v) is 10.6. The maximum Gasteiger partial charge on any atom is 0.171 e. The first-order chi connectivity index (χ1) is 29.6. The van der Waals surface area contributed by atoms with E-state index in [2.05, 4.69) is 97.1 Å². The van der Waals surface area contributed by atoms with Gasteiger partial charge in [-0.25, -0.2) is 15.0 Å². The molecule has 0 amide bonds. The van der Waals surface area contributed by atoms with Crippen LogP contribution in [-0.4, -0.2) is 15.0 Å². The Morgan fingerprint density at radius 1 is 0.250 bits per heavy atom. The lowest BCUT2D eigenvalue weighted by Crippen LogP contribution is -2.24. The summed E-state index contributed by atoms with van der Waals surface area (Å²) in [6, 6.07) is 78.3. The predicted octanol–water partition coefficient (Wildman–Crippen LogP) is 12.7. The molecule has 0 bridgehead atoms. The summed E-state index contributed by atoms with van der Waals surface area (Å²) in [7, 11) is -3.04. The van der Waals surface area contributed by atoms with Crippen molar-refractivity contribution >= 4 is 33.8 Å². The van der Waals surface area contributed by atoms with Gasteiger partial charge >= 0.3 is 0 Å². The summed E-state index contributed by atoms with van der Waals surface area (Å²) in [5, 5.41) is 4.85. The van der Waals surface area contributed by atoms with Crippen LogP contribution in [0.5, 0.6) is 0 Å². The van der Waals surface area contributed by atoms with E-state index in [4.69, 9.17) is 15.0 Å². The van der Waals surface area contributed by atoms with E-state index >= 15 is 0 Å². The summed E-state index contributed by atoms with van der Waals surface area (Å²) in [5.41, 5.74) is 9.58. The van der Waals surface area contributed by atoms with Gasteiger partial charge in [-0.15, -0.1) is 0 Å². The average Bonchev–Trinajstić information content (AvgIpc) is 3.34. The molecule has 60 heavy (non-hydrogen) atoms. The molecule has 1 aromatic heterocycles. The fraction of sp³-hybridized carbons (Fsp3) is 0. The van der Waals surface area contributed by atoms with Gasteiger partial charge in [0.05, 0.1) is 0 Å². The van der Waals surface area contributed by atoms with Crippen molar-refractivity contribution in [2.24, 2.45) is 0 Å². The molecule has 0 saturated heterocycles. The number of fused-ring (bicyclic) bond motifs is 1. The van der Waals surface area contributed by atoms with Crippen LogP contribution in [0.1, 0.15) is 0 Å². The normalized spacial score (nSPS) is 11.4. The fourth-order valence-electron chi connectivity index (χ4n) is 7.97. The summed E-state index contributed by atoms with van der Waals surface area (Å²) >= 11 is 0. The summed E-state index contributed by atoms with van der Waals surface area (Å²) in [5.74, 6) is 1.92. The molecular weight excluding hydrogens is 750 g/mol. The molecule has 0 fully saturated rings. The van der Waals surface area contributed by atoms with Crippen LogP contribution in [0.4, 0.5) is 0 Å². The van der Waals surface area contributed by atoms with Crippen LogP contribution in [0.2, 0.25) is 0 Å². The molecule has 9 aromatic carbocycles. The standard InChI is InChI=1S/C55H38N3OP/c59-60(46-19-9-3-10-20-46,47-21-11-4-12-22-47)48-35-33-40(34-36-48)39-25-27-41(28-26-39)49-37-38-50(52-24-14-13-23-51(49)52)42-29-31-45(32-30-42)55-57-53(43-15-5-1-6-16-43)56-54(58-55)44-17-7-2-8-18-44/h1-38H. The van der Waals surface area contributed by atoms with Gasteiger partial charge in [0.25, 0.3) is 0 Å². The first kappa shape index (κ1) is 36.8. The van der Waals surface area contributed by atoms with Crippen molar-refractivity contribution in [2.45, 2.75) is 0 Å². The number of rotatable bonds is 9. The molecule has 0 radical (unpaired) electrons. The molecule has 4 nitrogen and oxygen atoms in total. The molecule has 1 heterocycles. The van der Waals surface area contributed by atoms with E-state index < -0.39 is 7.14 Å². The number of hydrogen-bond donors (Lipinski definition) is 0. The second kappa shape index (κ2) is 16.0. The number of benzene rings is 9. The Kier molecular flexibility index (Phi) is 9.83. The highest BCUT2D eigenvalue weighted by Crippen LogP contribution is 2.43. The van der Waals surface area contributed by atoms with Gasteiger partial charge in [0.1, 0.15) is 0 Å². The smallest absolute Gasteiger partial charge is 0.171 e. The molecule has 0 spiro atoms. The van der Waals surface area contributed by atoms with Crippen molar-refractivity contribution in [3.63, 3.8) is 0 Å². The third kappa shape index (κ3) is 7.04. The van der Waals surface area contributed by atoms with Crippen molar-refractivity contribution in [2.75, 3.05) is 0 Å². The predicted molar refractivity (Wildman–Crippen MR) is 249 cm³/mol. The molecule has 10 rings (SSSR count). The average molecular weight is 788 g/mol. The van der Waals surface area contributed by atoms with Crippen LogP contribution in [0, 0.1) is 0 Å². The molecule has 0 atom stereocenters. The van der Waals surface area contributed by atoms with Gasteiger partial charge in [-0.3, -0.25) is 0 Å². The molecule has 0 aliphatic heterocycles. The maximum atomic E-state index is 14.9. The highest BCUT2D eigenvalue weighted by atomic mass is 31.2. The molecule has 5 heteroatoms. The molecular formula is C55H38N3OP. The van der Waals surface area contributed by atoms with Gasteiger partial charge < -0.3 is 4.57 Å². The van der Waals surface area contributed by atoms with Crippen LogP contribution in [0.25, 0.3) is 78.3 Å². The summed E-state index contributed by atoms with van der Waals surface area (Å²) < 4.78 is 14.9. The highest BCUT2D eigenvalue weighted by molar-refractivity contribution is 7.85. The zero-order valence-electron chi connectivity index (χ0n) is 32.6. The van der Waals surface area contributed by atoms with Crippen molar-refractivity contribution in [1.29, 1.82) is 0 Å². The number of hydrogen-bond acceptors (Lipinski definition) is 4. The van der Waals surface area contributed by atoms with Crippen molar-refractivity contribution in [3.05, 3.63) is 231 Å².